The normalized spacial score (nSPS) is 16.8. The van der Waals surface area contributed by atoms with Crippen molar-refractivity contribution in [1.29, 1.82) is 0 Å². The highest BCUT2D eigenvalue weighted by Crippen LogP contribution is 2.42. The summed E-state index contributed by atoms with van der Waals surface area (Å²) in [5, 5.41) is 7.53. The van der Waals surface area contributed by atoms with Crippen molar-refractivity contribution in [2.24, 2.45) is 0 Å². The zero-order valence-corrected chi connectivity index (χ0v) is 14.2. The zero-order chi connectivity index (χ0) is 14.6. The van der Waals surface area contributed by atoms with Crippen molar-refractivity contribution >= 4 is 33.4 Å². The standard InChI is InChI=1S/C13H20BrN3O2S/c1-19-7-6-17-12(18)11(14)10(8-16-17)15-9-13(20-2)4-3-5-13/h8,15H,3-7,9H2,1-2H3. The van der Waals surface area contributed by atoms with E-state index in [0.717, 1.165) is 12.2 Å². The quantitative estimate of drug-likeness (QED) is 0.807. The first-order valence-corrected chi connectivity index (χ1v) is 8.67. The third-order valence-electron chi connectivity index (χ3n) is 3.79. The highest BCUT2D eigenvalue weighted by Gasteiger charge is 2.35. The molecule has 5 nitrogen and oxygen atoms in total. The van der Waals surface area contributed by atoms with Crippen LogP contribution in [-0.2, 0) is 11.3 Å². The van der Waals surface area contributed by atoms with Crippen LogP contribution in [0.25, 0.3) is 0 Å². The molecule has 1 saturated carbocycles. The van der Waals surface area contributed by atoms with Crippen molar-refractivity contribution in [2.75, 3.05) is 31.8 Å². The lowest BCUT2D eigenvalue weighted by Crippen LogP contribution is -2.40. The molecule has 0 unspecified atom stereocenters. The Morgan fingerprint density at radius 1 is 1.60 bits per heavy atom. The van der Waals surface area contributed by atoms with Crippen molar-refractivity contribution in [3.05, 3.63) is 21.0 Å². The van der Waals surface area contributed by atoms with Crippen molar-refractivity contribution in [2.45, 2.75) is 30.6 Å². The fourth-order valence-electron chi connectivity index (χ4n) is 2.21. The smallest absolute Gasteiger partial charge is 0.283 e. The average Bonchev–Trinajstić information content (AvgIpc) is 2.41. The predicted molar refractivity (Wildman–Crippen MR) is 86.7 cm³/mol. The molecule has 0 saturated heterocycles. The number of thioether (sulfide) groups is 1. The average molecular weight is 362 g/mol. The van der Waals surface area contributed by atoms with Gasteiger partial charge in [0.1, 0.15) is 4.47 Å². The Morgan fingerprint density at radius 3 is 2.90 bits per heavy atom. The first kappa shape index (κ1) is 15.9. The number of halogens is 1. The summed E-state index contributed by atoms with van der Waals surface area (Å²) in [6.07, 6.45) is 7.61. The number of aromatic nitrogens is 2. The number of hydrogen-bond acceptors (Lipinski definition) is 5. The van der Waals surface area contributed by atoms with Gasteiger partial charge in [0.2, 0.25) is 0 Å². The molecule has 112 valence electrons. The fraction of sp³-hybridized carbons (Fsp3) is 0.692. The van der Waals surface area contributed by atoms with Gasteiger partial charge < -0.3 is 10.1 Å². The van der Waals surface area contributed by atoms with E-state index in [1.165, 1.54) is 23.9 Å². The van der Waals surface area contributed by atoms with Crippen LogP contribution < -0.4 is 10.9 Å². The van der Waals surface area contributed by atoms with Crippen molar-refractivity contribution < 1.29 is 4.74 Å². The van der Waals surface area contributed by atoms with Crippen LogP contribution >= 0.6 is 27.7 Å². The minimum absolute atomic E-state index is 0.126. The molecular formula is C13H20BrN3O2S. The second kappa shape index (κ2) is 6.95. The molecule has 7 heteroatoms. The van der Waals surface area contributed by atoms with Crippen molar-refractivity contribution in [3.8, 4) is 0 Å². The molecule has 2 rings (SSSR count). The maximum Gasteiger partial charge on any atom is 0.283 e. The largest absolute Gasteiger partial charge is 0.383 e. The van der Waals surface area contributed by atoms with E-state index in [1.807, 2.05) is 11.8 Å². The summed E-state index contributed by atoms with van der Waals surface area (Å²) < 4.78 is 7.24. The van der Waals surface area contributed by atoms with Gasteiger partial charge in [0.15, 0.2) is 0 Å². The van der Waals surface area contributed by atoms with E-state index in [0.29, 0.717) is 22.4 Å². The van der Waals surface area contributed by atoms with Gasteiger partial charge in [-0.05, 0) is 35.0 Å². The van der Waals surface area contributed by atoms with Crippen LogP contribution in [0.4, 0.5) is 5.69 Å². The van der Waals surface area contributed by atoms with Gasteiger partial charge in [-0.3, -0.25) is 4.79 Å². The number of methoxy groups -OCH3 is 1. The summed E-state index contributed by atoms with van der Waals surface area (Å²) in [4.78, 5) is 12.1. The molecule has 0 bridgehead atoms. The van der Waals surface area contributed by atoms with Crippen LogP contribution in [-0.4, -0.2) is 41.0 Å². The molecule has 1 aromatic heterocycles. The predicted octanol–water partition coefficient (Wildman–Crippen LogP) is 2.35. The fourth-order valence-corrected chi connectivity index (χ4v) is 3.57. The minimum atomic E-state index is -0.126. The van der Waals surface area contributed by atoms with E-state index < -0.39 is 0 Å². The molecule has 1 N–H and O–H groups in total. The SMILES string of the molecule is COCCn1ncc(NCC2(SC)CCC2)c(Br)c1=O. The highest BCUT2D eigenvalue weighted by molar-refractivity contribution is 9.10. The first-order chi connectivity index (χ1) is 9.62. The van der Waals surface area contributed by atoms with Gasteiger partial charge in [-0.25, -0.2) is 4.68 Å². The monoisotopic (exact) mass is 361 g/mol. The van der Waals surface area contributed by atoms with E-state index in [-0.39, 0.29) is 5.56 Å². The topological polar surface area (TPSA) is 56.1 Å². The van der Waals surface area contributed by atoms with Gasteiger partial charge in [0, 0.05) is 18.4 Å². The van der Waals surface area contributed by atoms with Crippen LogP contribution in [0, 0.1) is 0 Å². The van der Waals surface area contributed by atoms with Crippen LogP contribution in [0.2, 0.25) is 0 Å². The summed E-state index contributed by atoms with van der Waals surface area (Å²) in [5.74, 6) is 0. The molecule has 0 spiro atoms. The molecule has 0 radical (unpaired) electrons. The van der Waals surface area contributed by atoms with E-state index >= 15 is 0 Å². The van der Waals surface area contributed by atoms with Crippen molar-refractivity contribution in [3.63, 3.8) is 0 Å². The molecular weight excluding hydrogens is 342 g/mol. The Labute approximate surface area is 131 Å². The van der Waals surface area contributed by atoms with Gasteiger partial charge in [0.25, 0.3) is 5.56 Å². The van der Waals surface area contributed by atoms with Gasteiger partial charge in [0.05, 0.1) is 25.0 Å². The second-order valence-corrected chi connectivity index (χ2v) is 7.05. The van der Waals surface area contributed by atoms with Gasteiger partial charge in [-0.1, -0.05) is 6.42 Å². The Balaban J connectivity index is 2.05. The van der Waals surface area contributed by atoms with Gasteiger partial charge in [-0.15, -0.1) is 0 Å². The lowest BCUT2D eigenvalue weighted by molar-refractivity contribution is 0.181. The maximum atomic E-state index is 12.1. The van der Waals surface area contributed by atoms with E-state index in [1.54, 1.807) is 13.3 Å². The van der Waals surface area contributed by atoms with E-state index in [9.17, 15) is 4.79 Å². The van der Waals surface area contributed by atoms with Gasteiger partial charge in [-0.2, -0.15) is 16.9 Å². The molecule has 0 aromatic carbocycles. The molecule has 1 heterocycles. The summed E-state index contributed by atoms with van der Waals surface area (Å²) in [6.45, 7) is 1.81. The third kappa shape index (κ3) is 3.38. The summed E-state index contributed by atoms with van der Waals surface area (Å²) in [5.41, 5.74) is 0.642. The molecule has 0 amide bonds. The lowest BCUT2D eigenvalue weighted by atomic mass is 9.84. The van der Waals surface area contributed by atoms with Crippen LogP contribution in [0.3, 0.4) is 0 Å². The molecule has 20 heavy (non-hydrogen) atoms. The van der Waals surface area contributed by atoms with E-state index in [2.05, 4.69) is 32.6 Å². The molecule has 1 aliphatic rings. The second-order valence-electron chi connectivity index (χ2n) is 4.99. The number of nitrogens with zero attached hydrogens (tertiary/aromatic N) is 2. The minimum Gasteiger partial charge on any atom is -0.383 e. The molecule has 1 aromatic rings. The Bertz CT molecular complexity index is 511. The number of nitrogens with one attached hydrogen (secondary N) is 1. The van der Waals surface area contributed by atoms with Crippen molar-refractivity contribution in [1.82, 2.24) is 9.78 Å². The lowest BCUT2D eigenvalue weighted by Gasteiger charge is -2.40. The zero-order valence-electron chi connectivity index (χ0n) is 11.8. The van der Waals surface area contributed by atoms with Crippen LogP contribution in [0.1, 0.15) is 19.3 Å². The molecule has 0 atom stereocenters. The summed E-state index contributed by atoms with van der Waals surface area (Å²) in [6, 6.07) is 0. The third-order valence-corrected chi connectivity index (χ3v) is 5.98. The number of ether oxygens (including phenoxy) is 1. The number of rotatable bonds is 7. The highest BCUT2D eigenvalue weighted by atomic mass is 79.9. The summed E-state index contributed by atoms with van der Waals surface area (Å²) >= 11 is 5.27. The Morgan fingerprint density at radius 2 is 2.35 bits per heavy atom. The first-order valence-electron chi connectivity index (χ1n) is 6.65. The number of hydrogen-bond donors (Lipinski definition) is 1. The Kier molecular flexibility index (Phi) is 5.51. The van der Waals surface area contributed by atoms with Crippen LogP contribution in [0.5, 0.6) is 0 Å². The molecule has 1 fully saturated rings. The van der Waals surface area contributed by atoms with Gasteiger partial charge >= 0.3 is 0 Å². The Hall–Kier alpha value is -0.530. The summed E-state index contributed by atoms with van der Waals surface area (Å²) in [7, 11) is 1.61. The van der Waals surface area contributed by atoms with E-state index in [4.69, 9.17) is 4.74 Å². The maximum absolute atomic E-state index is 12.1. The molecule has 0 aliphatic heterocycles. The van der Waals surface area contributed by atoms with Crippen LogP contribution in [0.15, 0.2) is 15.5 Å². The number of anilines is 1. The molecule has 1 aliphatic carbocycles.